The average molecular weight is 426 g/mol. The lowest BCUT2D eigenvalue weighted by Crippen LogP contribution is -2.33. The highest BCUT2D eigenvalue weighted by Crippen LogP contribution is 2.36. The third-order valence-electron chi connectivity index (χ3n) is 5.15. The quantitative estimate of drug-likeness (QED) is 0.677. The number of alkyl carbamates (subject to hydrolysis) is 1. The molecule has 8 nitrogen and oxygen atoms in total. The molecule has 2 aromatic rings. The average Bonchev–Trinajstić information content (AvgIpc) is 3.43. The summed E-state index contributed by atoms with van der Waals surface area (Å²) in [7, 11) is -3.10. The number of hydrogen-bond donors (Lipinski definition) is 3. The van der Waals surface area contributed by atoms with Crippen LogP contribution in [-0.4, -0.2) is 36.8 Å². The monoisotopic (exact) mass is 425 g/mol. The Morgan fingerprint density at radius 1 is 1.31 bits per heavy atom. The molecular formula is C20H26N4O4S. The van der Waals surface area contributed by atoms with Gasteiger partial charge in [-0.05, 0) is 56.2 Å². The van der Waals surface area contributed by atoms with Crippen molar-refractivity contribution < 1.29 is 27.5 Å². The number of aromatic nitrogens is 2. The van der Waals surface area contributed by atoms with Gasteiger partial charge in [-0.1, -0.05) is 6.07 Å². The first-order valence-electron chi connectivity index (χ1n) is 12.7. The van der Waals surface area contributed by atoms with Crippen LogP contribution in [0.25, 0.3) is 0 Å². The highest BCUT2D eigenvalue weighted by Gasteiger charge is 2.30. The number of ether oxygens (including phenoxy) is 1. The molecule has 9 heteroatoms. The number of aromatic amines is 1. The Bertz CT molecular complexity index is 1250. The Hall–Kier alpha value is -2.55. The number of carbonyl (C=O) groups is 1. The van der Waals surface area contributed by atoms with Gasteiger partial charge in [0.15, 0.2) is 15.7 Å². The second-order valence-electron chi connectivity index (χ2n) is 7.39. The van der Waals surface area contributed by atoms with Gasteiger partial charge in [0, 0.05) is 37.6 Å². The van der Waals surface area contributed by atoms with Crippen LogP contribution in [0.3, 0.4) is 0 Å². The van der Waals surface area contributed by atoms with Crippen molar-refractivity contribution in [1.82, 2.24) is 15.5 Å². The lowest BCUT2D eigenvalue weighted by atomic mass is 10.0. The van der Waals surface area contributed by atoms with Gasteiger partial charge in [0.1, 0.15) is 6.10 Å². The maximum absolute atomic E-state index is 12.3. The predicted octanol–water partition coefficient (Wildman–Crippen LogP) is 3.35. The molecule has 2 atom stereocenters. The van der Waals surface area contributed by atoms with E-state index in [1.165, 1.54) is 0 Å². The zero-order chi connectivity index (χ0) is 26.5. The van der Waals surface area contributed by atoms with E-state index in [2.05, 4.69) is 15.5 Å². The van der Waals surface area contributed by atoms with Crippen molar-refractivity contribution in [1.29, 1.82) is 0 Å². The SMILES string of the molecule is [2H]C([2H])([2H])C([2H])(NC(=O)O[C@@H]1CC[C@H](c2cc(Nc3ccc4c(c3)CS(=O)(=O)C4)n[nH]2)C1)C([2H])([2H])[2H]. The molecule has 1 aliphatic heterocycles. The van der Waals surface area contributed by atoms with Crippen LogP contribution in [0.5, 0.6) is 0 Å². The van der Waals surface area contributed by atoms with Crippen LogP contribution in [0, 0.1) is 0 Å². The summed E-state index contributed by atoms with van der Waals surface area (Å²) in [4.78, 5) is 12.3. The third kappa shape index (κ3) is 4.72. The summed E-state index contributed by atoms with van der Waals surface area (Å²) in [6, 6.07) is 3.97. The van der Waals surface area contributed by atoms with Gasteiger partial charge in [0.25, 0.3) is 0 Å². The standard InChI is InChI=1S/C20H26N4O4S/c1-12(2)21-20(25)28-17-6-4-13(8-17)18-9-19(24-23-18)22-16-5-3-14-10-29(26,27)11-15(14)7-16/h3,5,7,9,12-13,17H,4,6,8,10-11H2,1-2H3,(H,21,25)(H2,22,23,24)/t13-,17+/m0/s1/i1D3,2D3,12D. The molecule has 2 aliphatic rings. The van der Waals surface area contributed by atoms with Gasteiger partial charge in [-0.2, -0.15) is 5.10 Å². The molecule has 0 radical (unpaired) electrons. The van der Waals surface area contributed by atoms with E-state index in [0.29, 0.717) is 30.8 Å². The fourth-order valence-corrected chi connectivity index (χ4v) is 5.47. The van der Waals surface area contributed by atoms with Gasteiger partial charge in [-0.25, -0.2) is 13.2 Å². The topological polar surface area (TPSA) is 113 Å². The summed E-state index contributed by atoms with van der Waals surface area (Å²) in [5.74, 6) is 0.554. The summed E-state index contributed by atoms with van der Waals surface area (Å²) in [6.45, 7) is -6.58. The molecule has 3 N–H and O–H groups in total. The summed E-state index contributed by atoms with van der Waals surface area (Å²) in [6.07, 6.45) is -0.357. The van der Waals surface area contributed by atoms with Crippen molar-refractivity contribution >= 4 is 27.4 Å². The van der Waals surface area contributed by atoms with Crippen molar-refractivity contribution in [3.8, 4) is 0 Å². The second kappa shape index (κ2) is 7.70. The molecule has 0 bridgehead atoms. The number of benzene rings is 1. The molecule has 0 spiro atoms. The molecule has 0 unspecified atom stereocenters. The minimum absolute atomic E-state index is 0.0147. The molecule has 156 valence electrons. The molecule has 1 aliphatic carbocycles. The minimum atomic E-state index is -3.29. The smallest absolute Gasteiger partial charge is 0.407 e. The molecule has 29 heavy (non-hydrogen) atoms. The summed E-state index contributed by atoms with van der Waals surface area (Å²) in [5.41, 5.74) is 3.05. The van der Waals surface area contributed by atoms with Crippen molar-refractivity contribution in [3.05, 3.63) is 41.1 Å². The van der Waals surface area contributed by atoms with Gasteiger partial charge in [-0.3, -0.25) is 5.10 Å². The number of nitrogens with zero attached hydrogens (tertiary/aromatic N) is 1. The first kappa shape index (κ1) is 12.9. The molecule has 2 heterocycles. The lowest BCUT2D eigenvalue weighted by molar-refractivity contribution is 0.0981. The third-order valence-corrected chi connectivity index (χ3v) is 6.65. The van der Waals surface area contributed by atoms with Crippen molar-refractivity contribution in [3.63, 3.8) is 0 Å². The fraction of sp³-hybridized carbons (Fsp3) is 0.500. The lowest BCUT2D eigenvalue weighted by Gasteiger charge is -2.14. The van der Waals surface area contributed by atoms with E-state index in [-0.39, 0.29) is 17.4 Å². The second-order valence-corrected chi connectivity index (χ2v) is 9.45. The van der Waals surface area contributed by atoms with E-state index in [4.69, 9.17) is 14.3 Å². The first-order valence-corrected chi connectivity index (χ1v) is 11.0. The number of sulfone groups is 1. The molecule has 0 saturated heterocycles. The number of nitrogens with one attached hydrogen (secondary N) is 3. The summed E-state index contributed by atoms with van der Waals surface area (Å²) in [5, 5.41) is 12.0. The highest BCUT2D eigenvalue weighted by molar-refractivity contribution is 7.90. The van der Waals surface area contributed by atoms with E-state index >= 15 is 0 Å². The number of amides is 1. The normalized spacial score (nSPS) is 27.2. The van der Waals surface area contributed by atoms with Crippen LogP contribution in [0.4, 0.5) is 16.3 Å². The number of H-pyrrole nitrogens is 1. The van der Waals surface area contributed by atoms with Gasteiger partial charge < -0.3 is 15.4 Å². The van der Waals surface area contributed by atoms with Crippen molar-refractivity contribution in [2.75, 3.05) is 5.32 Å². The van der Waals surface area contributed by atoms with Crippen LogP contribution in [0.2, 0.25) is 0 Å². The van der Waals surface area contributed by atoms with Crippen molar-refractivity contribution in [2.24, 2.45) is 0 Å². The number of fused-ring (bicyclic) bond motifs is 1. The maximum atomic E-state index is 12.3. The number of hydrogen-bond acceptors (Lipinski definition) is 6. The van der Waals surface area contributed by atoms with E-state index < -0.39 is 41.8 Å². The molecule has 4 rings (SSSR count). The highest BCUT2D eigenvalue weighted by atomic mass is 32.2. The number of carbonyl (C=O) groups excluding carboxylic acids is 1. The van der Waals surface area contributed by atoms with Crippen molar-refractivity contribution in [2.45, 2.75) is 62.5 Å². The molecule has 1 aromatic carbocycles. The maximum Gasteiger partial charge on any atom is 0.407 e. The van der Waals surface area contributed by atoms with E-state index in [9.17, 15) is 13.2 Å². The van der Waals surface area contributed by atoms with Gasteiger partial charge in [-0.15, -0.1) is 0 Å². The predicted molar refractivity (Wildman–Crippen MR) is 110 cm³/mol. The van der Waals surface area contributed by atoms with Gasteiger partial charge in [0.2, 0.25) is 0 Å². The van der Waals surface area contributed by atoms with E-state index in [0.717, 1.165) is 16.8 Å². The van der Waals surface area contributed by atoms with Crippen LogP contribution in [0.1, 0.15) is 65.3 Å². The zero-order valence-corrected chi connectivity index (χ0v) is 16.3. The van der Waals surface area contributed by atoms with E-state index in [1.807, 2.05) is 0 Å². The largest absolute Gasteiger partial charge is 0.446 e. The molecule has 1 fully saturated rings. The molecular weight excluding hydrogens is 392 g/mol. The van der Waals surface area contributed by atoms with Crippen LogP contribution < -0.4 is 10.6 Å². The van der Waals surface area contributed by atoms with Crippen LogP contribution in [0.15, 0.2) is 24.3 Å². The van der Waals surface area contributed by atoms with Crippen LogP contribution >= 0.6 is 0 Å². The summed E-state index contributed by atoms with van der Waals surface area (Å²) >= 11 is 0. The Balaban J connectivity index is 1.34. The Kier molecular flexibility index (Phi) is 3.42. The molecule has 1 saturated carbocycles. The molecule has 1 aromatic heterocycles. The number of anilines is 2. The Morgan fingerprint density at radius 3 is 2.97 bits per heavy atom. The summed E-state index contributed by atoms with van der Waals surface area (Å²) < 4.78 is 81.0. The van der Waals surface area contributed by atoms with Gasteiger partial charge in [0.05, 0.1) is 12.9 Å². The zero-order valence-electron chi connectivity index (χ0n) is 22.5. The van der Waals surface area contributed by atoms with Gasteiger partial charge >= 0.3 is 6.09 Å². The minimum Gasteiger partial charge on any atom is -0.446 e. The molecule has 1 amide bonds. The Labute approximate surface area is 180 Å². The number of rotatable bonds is 5. The fourth-order valence-electron chi connectivity index (χ4n) is 3.87. The first-order chi connectivity index (χ1) is 16.6. The Morgan fingerprint density at radius 2 is 2.14 bits per heavy atom. The van der Waals surface area contributed by atoms with E-state index in [1.54, 1.807) is 29.6 Å². The van der Waals surface area contributed by atoms with Crippen LogP contribution in [-0.2, 0) is 26.1 Å².